The van der Waals surface area contributed by atoms with Crippen molar-refractivity contribution in [3.05, 3.63) is 38.3 Å². The van der Waals surface area contributed by atoms with Gasteiger partial charge in [0.25, 0.3) is 11.6 Å². The molecule has 0 fully saturated rings. The average Bonchev–Trinajstić information content (AvgIpc) is 2.38. The van der Waals surface area contributed by atoms with Crippen LogP contribution in [0.15, 0.2) is 22.7 Å². The molecule has 0 aliphatic rings. The Morgan fingerprint density at radius 1 is 1.45 bits per heavy atom. The average molecular weight is 366 g/mol. The van der Waals surface area contributed by atoms with Crippen molar-refractivity contribution < 1.29 is 18.1 Å². The van der Waals surface area contributed by atoms with Gasteiger partial charge in [0.1, 0.15) is 0 Å². The van der Waals surface area contributed by atoms with Gasteiger partial charge in [0.2, 0.25) is 10.0 Å². The number of hydrogen-bond donors (Lipinski definition) is 2. The second kappa shape index (κ2) is 6.77. The highest BCUT2D eigenvalue weighted by molar-refractivity contribution is 9.10. The monoisotopic (exact) mass is 365 g/mol. The first-order valence-corrected chi connectivity index (χ1v) is 7.84. The quantitative estimate of drug-likeness (QED) is 0.566. The minimum Gasteiger partial charge on any atom is -0.351 e. The van der Waals surface area contributed by atoms with Gasteiger partial charge in [-0.25, -0.2) is 13.1 Å². The van der Waals surface area contributed by atoms with E-state index in [-0.39, 0.29) is 28.0 Å². The molecule has 110 valence electrons. The summed E-state index contributed by atoms with van der Waals surface area (Å²) in [5, 5.41) is 13.1. The zero-order chi connectivity index (χ0) is 15.3. The van der Waals surface area contributed by atoms with Gasteiger partial charge in [0.05, 0.1) is 15.1 Å². The number of nitrogens with one attached hydrogen (secondary N) is 2. The highest BCUT2D eigenvalue weighted by atomic mass is 79.9. The number of carbonyl (C=O) groups excluding carboxylic acids is 1. The number of rotatable bonds is 6. The minimum absolute atomic E-state index is 0.0850. The van der Waals surface area contributed by atoms with Gasteiger partial charge >= 0.3 is 0 Å². The van der Waals surface area contributed by atoms with Crippen molar-refractivity contribution in [3.8, 4) is 0 Å². The first kappa shape index (κ1) is 16.5. The zero-order valence-electron chi connectivity index (χ0n) is 10.4. The third kappa shape index (κ3) is 4.54. The molecule has 20 heavy (non-hydrogen) atoms. The number of hydrogen-bond acceptors (Lipinski definition) is 5. The molecule has 0 aromatic heterocycles. The third-order valence-electron chi connectivity index (χ3n) is 2.37. The van der Waals surface area contributed by atoms with Crippen LogP contribution >= 0.6 is 15.9 Å². The molecule has 0 atom stereocenters. The Morgan fingerprint density at radius 2 is 2.10 bits per heavy atom. The van der Waals surface area contributed by atoms with Gasteiger partial charge in [-0.1, -0.05) is 0 Å². The van der Waals surface area contributed by atoms with Crippen LogP contribution in [0.3, 0.4) is 0 Å². The van der Waals surface area contributed by atoms with E-state index in [0.29, 0.717) is 0 Å². The molecular formula is C10H12BrN3O5S. The Balaban J connectivity index is 2.74. The van der Waals surface area contributed by atoms with Crippen molar-refractivity contribution in [2.75, 3.05) is 19.3 Å². The van der Waals surface area contributed by atoms with Gasteiger partial charge in [-0.3, -0.25) is 14.9 Å². The zero-order valence-corrected chi connectivity index (χ0v) is 12.8. The van der Waals surface area contributed by atoms with Crippen LogP contribution < -0.4 is 10.0 Å². The van der Waals surface area contributed by atoms with E-state index in [1.807, 2.05) is 0 Å². The molecule has 0 aliphatic heterocycles. The summed E-state index contributed by atoms with van der Waals surface area (Å²) in [7, 11) is -2.13. The number of carbonyl (C=O) groups is 1. The van der Waals surface area contributed by atoms with E-state index < -0.39 is 20.9 Å². The lowest BCUT2D eigenvalue weighted by Gasteiger charge is -2.06. The van der Waals surface area contributed by atoms with Gasteiger partial charge in [-0.05, 0) is 35.1 Å². The Bertz CT molecular complexity index is 632. The van der Waals surface area contributed by atoms with E-state index in [4.69, 9.17) is 0 Å². The molecule has 0 saturated carbocycles. The van der Waals surface area contributed by atoms with Crippen LogP contribution in [0, 0.1) is 10.1 Å². The molecule has 1 amide bonds. The first-order valence-electron chi connectivity index (χ1n) is 5.40. The summed E-state index contributed by atoms with van der Waals surface area (Å²) in [5.41, 5.74) is -0.151. The van der Waals surface area contributed by atoms with Crippen molar-refractivity contribution in [1.82, 2.24) is 10.0 Å². The molecular weight excluding hydrogens is 354 g/mol. The fourth-order valence-corrected chi connectivity index (χ4v) is 2.26. The normalized spacial score (nSPS) is 11.1. The molecule has 8 nitrogen and oxygen atoms in total. The van der Waals surface area contributed by atoms with Crippen LogP contribution in [-0.2, 0) is 10.0 Å². The predicted octanol–water partition coefficient (Wildman–Crippen LogP) is 0.636. The highest BCUT2D eigenvalue weighted by Crippen LogP contribution is 2.25. The van der Waals surface area contributed by atoms with E-state index in [0.717, 1.165) is 6.07 Å². The van der Waals surface area contributed by atoms with E-state index in [1.165, 1.54) is 19.2 Å². The maximum atomic E-state index is 11.7. The number of nitrogens with zero attached hydrogens (tertiary/aromatic N) is 1. The summed E-state index contributed by atoms with van der Waals surface area (Å²) in [4.78, 5) is 21.9. The molecule has 10 heteroatoms. The molecule has 0 spiro atoms. The van der Waals surface area contributed by atoms with E-state index >= 15 is 0 Å². The topological polar surface area (TPSA) is 118 Å². The van der Waals surface area contributed by atoms with Crippen LogP contribution in [0.5, 0.6) is 0 Å². The van der Waals surface area contributed by atoms with Crippen LogP contribution in [0.4, 0.5) is 5.69 Å². The minimum atomic E-state index is -3.41. The van der Waals surface area contributed by atoms with Crippen LogP contribution in [0.25, 0.3) is 0 Å². The standard InChI is InChI=1S/C10H12BrN3O5S/c1-12-20(18,19)5-4-13-10(15)7-2-3-8(11)9(6-7)14(16)17/h2-3,6,12H,4-5H2,1H3,(H,13,15). The van der Waals surface area contributed by atoms with E-state index in [2.05, 4.69) is 26.0 Å². The lowest BCUT2D eigenvalue weighted by molar-refractivity contribution is -0.385. The molecule has 1 rings (SSSR count). The Morgan fingerprint density at radius 3 is 2.65 bits per heavy atom. The summed E-state index contributed by atoms with van der Waals surface area (Å²) in [6.07, 6.45) is 0. The fraction of sp³-hybridized carbons (Fsp3) is 0.300. The Kier molecular flexibility index (Phi) is 5.60. The van der Waals surface area contributed by atoms with Crippen molar-refractivity contribution in [3.63, 3.8) is 0 Å². The van der Waals surface area contributed by atoms with Gasteiger partial charge in [0.15, 0.2) is 0 Å². The van der Waals surface area contributed by atoms with Gasteiger partial charge in [0, 0.05) is 18.2 Å². The first-order chi connectivity index (χ1) is 9.26. The van der Waals surface area contributed by atoms with Crippen molar-refractivity contribution in [1.29, 1.82) is 0 Å². The second-order valence-electron chi connectivity index (χ2n) is 3.70. The Labute approximate surface area is 123 Å². The van der Waals surface area contributed by atoms with Crippen molar-refractivity contribution in [2.24, 2.45) is 0 Å². The maximum absolute atomic E-state index is 11.7. The Hall–Kier alpha value is -1.52. The molecule has 2 N–H and O–H groups in total. The highest BCUT2D eigenvalue weighted by Gasteiger charge is 2.16. The molecule has 0 saturated heterocycles. The van der Waals surface area contributed by atoms with Crippen LogP contribution in [-0.4, -0.2) is 38.6 Å². The SMILES string of the molecule is CNS(=O)(=O)CCNC(=O)c1ccc(Br)c([N+](=O)[O-])c1. The largest absolute Gasteiger partial charge is 0.351 e. The molecule has 0 heterocycles. The predicted molar refractivity (Wildman–Crippen MR) is 76.0 cm³/mol. The lowest BCUT2D eigenvalue weighted by atomic mass is 10.2. The van der Waals surface area contributed by atoms with Crippen molar-refractivity contribution in [2.45, 2.75) is 0 Å². The van der Waals surface area contributed by atoms with Gasteiger partial charge in [-0.15, -0.1) is 0 Å². The molecule has 1 aromatic rings. The van der Waals surface area contributed by atoms with E-state index in [9.17, 15) is 23.3 Å². The summed E-state index contributed by atoms with van der Waals surface area (Å²) >= 11 is 3.01. The molecule has 0 unspecified atom stereocenters. The number of nitro groups is 1. The number of benzene rings is 1. The van der Waals surface area contributed by atoms with E-state index in [1.54, 1.807) is 0 Å². The molecule has 0 bridgehead atoms. The van der Waals surface area contributed by atoms with Gasteiger partial charge < -0.3 is 5.32 Å². The summed E-state index contributed by atoms with van der Waals surface area (Å²) in [6.45, 7) is -0.0914. The second-order valence-corrected chi connectivity index (χ2v) is 6.60. The number of amides is 1. The number of nitro benzene ring substituents is 1. The number of halogens is 1. The summed E-state index contributed by atoms with van der Waals surface area (Å²) < 4.78 is 24.7. The van der Waals surface area contributed by atoms with Crippen LogP contribution in [0.1, 0.15) is 10.4 Å². The van der Waals surface area contributed by atoms with Gasteiger partial charge in [-0.2, -0.15) is 0 Å². The third-order valence-corrected chi connectivity index (χ3v) is 4.41. The summed E-state index contributed by atoms with van der Waals surface area (Å²) in [5.74, 6) is -0.847. The molecule has 0 aliphatic carbocycles. The molecule has 1 aromatic carbocycles. The lowest BCUT2D eigenvalue weighted by Crippen LogP contribution is -2.32. The maximum Gasteiger partial charge on any atom is 0.284 e. The number of sulfonamides is 1. The fourth-order valence-electron chi connectivity index (χ4n) is 1.30. The molecule has 0 radical (unpaired) electrons. The summed E-state index contributed by atoms with van der Waals surface area (Å²) in [6, 6.07) is 3.91. The van der Waals surface area contributed by atoms with Crippen molar-refractivity contribution >= 4 is 37.5 Å². The van der Waals surface area contributed by atoms with Crippen LogP contribution in [0.2, 0.25) is 0 Å². The smallest absolute Gasteiger partial charge is 0.284 e.